The largest absolute Gasteiger partial charge is 0.462 e. The van der Waals surface area contributed by atoms with Crippen molar-refractivity contribution in [2.45, 2.75) is 6.54 Å². The predicted octanol–water partition coefficient (Wildman–Crippen LogP) is 1.86. The Bertz CT molecular complexity index is 656. The van der Waals surface area contributed by atoms with Gasteiger partial charge in [-0.2, -0.15) is 0 Å². The van der Waals surface area contributed by atoms with E-state index in [1.54, 1.807) is 17.1 Å². The number of carbonyl (C=O) groups excluding carboxylic acids is 1. The Morgan fingerprint density at radius 1 is 1.50 bits per heavy atom. The maximum atomic E-state index is 10.5. The van der Waals surface area contributed by atoms with Crippen molar-refractivity contribution in [3.63, 3.8) is 0 Å². The third kappa shape index (κ3) is 2.07. The van der Waals surface area contributed by atoms with Crippen LogP contribution in [0.3, 0.4) is 0 Å². The molecule has 0 aliphatic rings. The molecule has 0 aliphatic heterocycles. The molecule has 0 aliphatic carbocycles. The van der Waals surface area contributed by atoms with E-state index in [1.165, 1.54) is 11.3 Å². The maximum Gasteiger partial charge on any atom is 0.171 e. The summed E-state index contributed by atoms with van der Waals surface area (Å²) in [5.74, 6) is 0.749. The highest BCUT2D eigenvalue weighted by atomic mass is 32.1. The molecule has 0 unspecified atom stereocenters. The van der Waals surface area contributed by atoms with Gasteiger partial charge in [-0.15, -0.1) is 16.4 Å². The Morgan fingerprint density at radius 2 is 2.44 bits per heavy atom. The van der Waals surface area contributed by atoms with Crippen molar-refractivity contribution in [1.29, 1.82) is 0 Å². The quantitative estimate of drug-likeness (QED) is 0.669. The van der Waals surface area contributed by atoms with Crippen molar-refractivity contribution >= 4 is 17.6 Å². The number of furan rings is 1. The van der Waals surface area contributed by atoms with Crippen molar-refractivity contribution < 1.29 is 9.21 Å². The number of hydrogen-bond acceptors (Lipinski definition) is 6. The van der Waals surface area contributed by atoms with Crippen LogP contribution in [0.25, 0.3) is 10.8 Å². The summed E-state index contributed by atoms with van der Waals surface area (Å²) >= 11 is 1.50. The summed E-state index contributed by atoms with van der Waals surface area (Å²) in [4.78, 5) is 14.9. The molecule has 3 aromatic rings. The van der Waals surface area contributed by atoms with Gasteiger partial charge >= 0.3 is 0 Å². The van der Waals surface area contributed by atoms with Gasteiger partial charge in [0.2, 0.25) is 0 Å². The number of hydrogen-bond donors (Lipinski definition) is 0. The fourth-order valence-electron chi connectivity index (χ4n) is 1.50. The smallest absolute Gasteiger partial charge is 0.171 e. The first kappa shape index (κ1) is 10.8. The molecule has 0 radical (unpaired) electrons. The lowest BCUT2D eigenvalue weighted by atomic mass is 10.4. The van der Waals surface area contributed by atoms with Crippen LogP contribution >= 0.6 is 11.3 Å². The van der Waals surface area contributed by atoms with Gasteiger partial charge < -0.3 is 4.42 Å². The standard InChI is InChI=1S/C11H8N4O2S/c16-6-8-4-15(14-13-8)5-9-7-18-11(12-9)10-2-1-3-17-10/h1-4,6-7H,5H2. The van der Waals surface area contributed by atoms with Crippen LogP contribution in [-0.2, 0) is 6.54 Å². The number of rotatable bonds is 4. The number of aromatic nitrogens is 4. The summed E-state index contributed by atoms with van der Waals surface area (Å²) in [5.41, 5.74) is 1.17. The zero-order valence-electron chi connectivity index (χ0n) is 9.18. The third-order valence-corrected chi connectivity index (χ3v) is 3.19. The predicted molar refractivity (Wildman–Crippen MR) is 64.3 cm³/mol. The molecular formula is C11H8N4O2S. The van der Waals surface area contributed by atoms with E-state index in [0.29, 0.717) is 18.5 Å². The Labute approximate surface area is 106 Å². The molecule has 0 aromatic carbocycles. The number of aldehydes is 1. The van der Waals surface area contributed by atoms with Crippen LogP contribution < -0.4 is 0 Å². The SMILES string of the molecule is O=Cc1cn(Cc2csc(-c3ccco3)n2)nn1. The van der Waals surface area contributed by atoms with E-state index in [0.717, 1.165) is 16.5 Å². The molecule has 3 rings (SSSR count). The van der Waals surface area contributed by atoms with E-state index in [2.05, 4.69) is 15.3 Å². The summed E-state index contributed by atoms with van der Waals surface area (Å²) in [7, 11) is 0. The van der Waals surface area contributed by atoms with E-state index in [4.69, 9.17) is 4.42 Å². The van der Waals surface area contributed by atoms with E-state index in [1.807, 2.05) is 17.5 Å². The van der Waals surface area contributed by atoms with Gasteiger partial charge in [0.1, 0.15) is 5.69 Å². The first-order valence-corrected chi connectivity index (χ1v) is 6.07. The molecule has 0 saturated carbocycles. The molecule has 18 heavy (non-hydrogen) atoms. The van der Waals surface area contributed by atoms with Crippen LogP contribution in [-0.4, -0.2) is 26.3 Å². The van der Waals surface area contributed by atoms with Gasteiger partial charge in [-0.3, -0.25) is 4.79 Å². The van der Waals surface area contributed by atoms with Gasteiger partial charge in [0.25, 0.3) is 0 Å². The average molecular weight is 260 g/mol. The summed E-state index contributed by atoms with van der Waals surface area (Å²) in [6.45, 7) is 0.484. The molecule has 0 amide bonds. The molecule has 0 N–H and O–H groups in total. The Hall–Kier alpha value is -2.28. The van der Waals surface area contributed by atoms with E-state index in [-0.39, 0.29) is 0 Å². The molecule has 0 saturated heterocycles. The van der Waals surface area contributed by atoms with E-state index < -0.39 is 0 Å². The topological polar surface area (TPSA) is 73.8 Å². The van der Waals surface area contributed by atoms with E-state index >= 15 is 0 Å². The molecule has 3 heterocycles. The van der Waals surface area contributed by atoms with Gasteiger partial charge in [-0.25, -0.2) is 9.67 Å². The minimum absolute atomic E-state index is 0.316. The molecule has 0 spiro atoms. The van der Waals surface area contributed by atoms with Gasteiger partial charge in [0, 0.05) is 5.38 Å². The first-order valence-electron chi connectivity index (χ1n) is 5.19. The number of carbonyl (C=O) groups is 1. The second-order valence-corrected chi connectivity index (χ2v) is 4.44. The molecule has 0 fully saturated rings. The molecule has 6 nitrogen and oxygen atoms in total. The molecule has 0 atom stereocenters. The lowest BCUT2D eigenvalue weighted by Gasteiger charge is -1.94. The number of thiazole rings is 1. The zero-order valence-corrected chi connectivity index (χ0v) is 10.0. The Kier molecular flexibility index (Phi) is 2.73. The highest BCUT2D eigenvalue weighted by molar-refractivity contribution is 7.13. The first-order chi connectivity index (χ1) is 8.85. The van der Waals surface area contributed by atoms with Crippen molar-refractivity contribution in [2.75, 3.05) is 0 Å². The molecule has 0 bridgehead atoms. The van der Waals surface area contributed by atoms with Crippen molar-refractivity contribution in [3.05, 3.63) is 41.4 Å². The zero-order chi connectivity index (χ0) is 12.4. The lowest BCUT2D eigenvalue weighted by molar-refractivity contribution is 0.111. The summed E-state index contributed by atoms with van der Waals surface area (Å²) in [6.07, 6.45) is 3.86. The molecule has 7 heteroatoms. The Morgan fingerprint density at radius 3 is 3.17 bits per heavy atom. The third-order valence-electron chi connectivity index (χ3n) is 2.28. The minimum Gasteiger partial charge on any atom is -0.462 e. The van der Waals surface area contributed by atoms with Crippen LogP contribution in [0.4, 0.5) is 0 Å². The van der Waals surface area contributed by atoms with Crippen LogP contribution in [0.1, 0.15) is 16.2 Å². The van der Waals surface area contributed by atoms with Crippen molar-refractivity contribution in [3.8, 4) is 10.8 Å². The monoisotopic (exact) mass is 260 g/mol. The van der Waals surface area contributed by atoms with Gasteiger partial charge in [-0.05, 0) is 12.1 Å². The fourth-order valence-corrected chi connectivity index (χ4v) is 2.28. The fraction of sp³-hybridized carbons (Fsp3) is 0.0909. The normalized spacial score (nSPS) is 10.7. The molecule has 90 valence electrons. The highest BCUT2D eigenvalue weighted by Crippen LogP contribution is 2.24. The number of nitrogens with zero attached hydrogens (tertiary/aromatic N) is 4. The van der Waals surface area contributed by atoms with Gasteiger partial charge in [0.15, 0.2) is 17.1 Å². The minimum atomic E-state index is 0.316. The average Bonchev–Trinajstić information content (AvgIpc) is 3.10. The highest BCUT2D eigenvalue weighted by Gasteiger charge is 2.08. The van der Waals surface area contributed by atoms with E-state index in [9.17, 15) is 4.79 Å². The lowest BCUT2D eigenvalue weighted by Crippen LogP contribution is -2.00. The van der Waals surface area contributed by atoms with Crippen molar-refractivity contribution in [1.82, 2.24) is 20.0 Å². The summed E-state index contributed by atoms with van der Waals surface area (Å²) in [6, 6.07) is 3.69. The maximum absolute atomic E-state index is 10.5. The van der Waals surface area contributed by atoms with Gasteiger partial charge in [-0.1, -0.05) is 5.21 Å². The van der Waals surface area contributed by atoms with Crippen LogP contribution in [0.15, 0.2) is 34.4 Å². The molecular weight excluding hydrogens is 252 g/mol. The van der Waals surface area contributed by atoms with Crippen LogP contribution in [0, 0.1) is 0 Å². The van der Waals surface area contributed by atoms with Crippen LogP contribution in [0.5, 0.6) is 0 Å². The second-order valence-electron chi connectivity index (χ2n) is 3.58. The van der Waals surface area contributed by atoms with Crippen molar-refractivity contribution in [2.24, 2.45) is 0 Å². The molecule has 3 aromatic heterocycles. The summed E-state index contributed by atoms with van der Waals surface area (Å²) < 4.78 is 6.85. The Balaban J connectivity index is 1.79. The summed E-state index contributed by atoms with van der Waals surface area (Å²) in [5, 5.41) is 10.3. The van der Waals surface area contributed by atoms with Gasteiger partial charge in [0.05, 0.1) is 24.7 Å². The second kappa shape index (κ2) is 4.53. The van der Waals surface area contributed by atoms with Crippen LogP contribution in [0.2, 0.25) is 0 Å².